The van der Waals surface area contributed by atoms with Crippen molar-refractivity contribution in [2.75, 3.05) is 10.8 Å². The third kappa shape index (κ3) is 9.21. The highest BCUT2D eigenvalue weighted by atomic mass is 79.9. The Balaban J connectivity index is 1.84. The zero-order valence-electron chi connectivity index (χ0n) is 26.6. The number of halogens is 2. The first-order valence-corrected chi connectivity index (χ1v) is 17.5. The molecule has 1 N–H and O–H groups in total. The first-order valence-electron chi connectivity index (χ1n) is 14.9. The van der Waals surface area contributed by atoms with E-state index in [2.05, 4.69) is 21.2 Å². The van der Waals surface area contributed by atoms with Crippen molar-refractivity contribution in [3.63, 3.8) is 0 Å². The quantitative estimate of drug-likeness (QED) is 0.174. The van der Waals surface area contributed by atoms with E-state index in [1.54, 1.807) is 30.3 Å². The van der Waals surface area contributed by atoms with Crippen LogP contribution < -0.4 is 9.62 Å². The Hall–Kier alpha value is -3.66. The van der Waals surface area contributed by atoms with Crippen LogP contribution in [0.5, 0.6) is 0 Å². The first kappa shape index (κ1) is 35.2. The molecule has 0 unspecified atom stereocenters. The fraction of sp³-hybridized carbons (Fsp3) is 0.278. The van der Waals surface area contributed by atoms with Crippen molar-refractivity contribution in [1.82, 2.24) is 10.2 Å². The Morgan fingerprint density at radius 1 is 0.870 bits per heavy atom. The minimum atomic E-state index is -4.22. The number of sulfonamides is 1. The normalized spacial score (nSPS) is 12.3. The summed E-state index contributed by atoms with van der Waals surface area (Å²) in [6.07, 6.45) is 0.226. The molecule has 0 aliphatic rings. The molecule has 0 spiro atoms. The van der Waals surface area contributed by atoms with Crippen molar-refractivity contribution in [3.05, 3.63) is 129 Å². The second kappa shape index (κ2) is 14.8. The smallest absolute Gasteiger partial charge is 0.264 e. The van der Waals surface area contributed by atoms with Gasteiger partial charge in [0.15, 0.2) is 0 Å². The summed E-state index contributed by atoms with van der Waals surface area (Å²) in [5.41, 5.74) is 2.96. The molecular formula is C36H39BrClN3O4S. The van der Waals surface area contributed by atoms with Gasteiger partial charge in [-0.05, 0) is 87.7 Å². The van der Waals surface area contributed by atoms with Crippen LogP contribution in [0.4, 0.5) is 5.69 Å². The zero-order valence-corrected chi connectivity index (χ0v) is 29.8. The Morgan fingerprint density at radius 3 is 2.13 bits per heavy atom. The van der Waals surface area contributed by atoms with Gasteiger partial charge in [0.25, 0.3) is 10.0 Å². The summed E-state index contributed by atoms with van der Waals surface area (Å²) in [6, 6.07) is 27.3. The van der Waals surface area contributed by atoms with Crippen LogP contribution in [0.3, 0.4) is 0 Å². The second-order valence-electron chi connectivity index (χ2n) is 12.4. The summed E-state index contributed by atoms with van der Waals surface area (Å²) in [7, 11) is -4.22. The maximum atomic E-state index is 14.6. The number of hydrogen-bond acceptors (Lipinski definition) is 4. The summed E-state index contributed by atoms with van der Waals surface area (Å²) in [5.74, 6) is -0.886. The monoisotopic (exact) mass is 723 g/mol. The lowest BCUT2D eigenvalue weighted by molar-refractivity contribution is -0.140. The molecule has 1 atom stereocenters. The van der Waals surface area contributed by atoms with Crippen molar-refractivity contribution < 1.29 is 18.0 Å². The SMILES string of the molecule is Cc1ccc(S(=O)(=O)N(CC(=O)N(Cc2cccc(Br)c2)[C@H](Cc2ccccc2)C(=O)NC(C)(C)C)c2ccc(C)c(Cl)c2)cc1. The van der Waals surface area contributed by atoms with Crippen LogP contribution in [0.1, 0.15) is 43.0 Å². The lowest BCUT2D eigenvalue weighted by Crippen LogP contribution is -2.56. The molecule has 46 heavy (non-hydrogen) atoms. The van der Waals surface area contributed by atoms with Gasteiger partial charge in [0, 0.05) is 28.0 Å². The molecule has 0 saturated carbocycles. The number of carbonyl (C=O) groups excluding carboxylic acids is 2. The number of amides is 2. The number of nitrogens with one attached hydrogen (secondary N) is 1. The summed E-state index contributed by atoms with van der Waals surface area (Å²) in [6.45, 7) is 8.83. The average molecular weight is 725 g/mol. The minimum absolute atomic E-state index is 0.0347. The summed E-state index contributed by atoms with van der Waals surface area (Å²) in [5, 5.41) is 3.41. The van der Waals surface area contributed by atoms with Gasteiger partial charge < -0.3 is 10.2 Å². The molecule has 0 aromatic heterocycles. The molecule has 242 valence electrons. The van der Waals surface area contributed by atoms with E-state index in [1.807, 2.05) is 89.2 Å². The van der Waals surface area contributed by atoms with Crippen molar-refractivity contribution in [2.45, 2.75) is 64.1 Å². The molecule has 0 fully saturated rings. The number of anilines is 1. The molecule has 0 heterocycles. The van der Waals surface area contributed by atoms with Gasteiger partial charge in [-0.25, -0.2) is 8.42 Å². The van der Waals surface area contributed by atoms with E-state index in [1.165, 1.54) is 17.0 Å². The Bertz CT molecular complexity index is 1790. The molecule has 7 nitrogen and oxygen atoms in total. The van der Waals surface area contributed by atoms with Crippen molar-refractivity contribution in [2.24, 2.45) is 0 Å². The predicted molar refractivity (Wildman–Crippen MR) is 188 cm³/mol. The maximum absolute atomic E-state index is 14.6. The number of benzene rings is 4. The topological polar surface area (TPSA) is 86.8 Å². The molecule has 0 radical (unpaired) electrons. The molecule has 0 aliphatic heterocycles. The standard InChI is InChI=1S/C36H39BrClN3O4S/c1-25-14-18-31(19-15-25)46(44,45)41(30-17-16-26(2)32(38)22-30)24-34(42)40(23-28-12-9-13-29(37)20-28)33(35(43)39-36(3,4)5)21-27-10-7-6-8-11-27/h6-20,22,33H,21,23-24H2,1-5H3,(H,39,43)/t33-/m1/s1. The highest BCUT2D eigenvalue weighted by Crippen LogP contribution is 2.29. The van der Waals surface area contributed by atoms with Gasteiger partial charge >= 0.3 is 0 Å². The minimum Gasteiger partial charge on any atom is -0.350 e. The van der Waals surface area contributed by atoms with Gasteiger partial charge in [0.05, 0.1) is 10.6 Å². The van der Waals surface area contributed by atoms with E-state index in [0.29, 0.717) is 5.02 Å². The van der Waals surface area contributed by atoms with Crippen LogP contribution in [-0.4, -0.2) is 43.3 Å². The molecule has 0 bridgehead atoms. The van der Waals surface area contributed by atoms with E-state index >= 15 is 0 Å². The van der Waals surface area contributed by atoms with E-state index in [4.69, 9.17) is 11.6 Å². The zero-order chi connectivity index (χ0) is 33.6. The first-order chi connectivity index (χ1) is 21.6. The average Bonchev–Trinajstić information content (AvgIpc) is 2.99. The molecule has 4 rings (SSSR count). The van der Waals surface area contributed by atoms with Crippen LogP contribution in [0.2, 0.25) is 5.02 Å². The predicted octanol–water partition coefficient (Wildman–Crippen LogP) is 7.47. The summed E-state index contributed by atoms with van der Waals surface area (Å²) in [4.78, 5) is 30.1. The fourth-order valence-corrected chi connectivity index (χ4v) is 6.97. The third-order valence-electron chi connectivity index (χ3n) is 7.34. The Kier molecular flexibility index (Phi) is 11.4. The van der Waals surface area contributed by atoms with Crippen LogP contribution in [-0.2, 0) is 32.6 Å². The largest absolute Gasteiger partial charge is 0.350 e. The van der Waals surface area contributed by atoms with Crippen molar-refractivity contribution >= 4 is 55.1 Å². The molecule has 0 saturated heterocycles. The second-order valence-corrected chi connectivity index (χ2v) is 15.5. The fourth-order valence-electron chi connectivity index (χ4n) is 4.94. The van der Waals surface area contributed by atoms with Gasteiger partial charge in [0.2, 0.25) is 11.8 Å². The third-order valence-corrected chi connectivity index (χ3v) is 10.0. The van der Waals surface area contributed by atoms with Crippen LogP contribution in [0.15, 0.2) is 106 Å². The Labute approximate surface area is 285 Å². The number of carbonyl (C=O) groups is 2. The highest BCUT2D eigenvalue weighted by Gasteiger charge is 2.35. The maximum Gasteiger partial charge on any atom is 0.264 e. The number of rotatable bonds is 11. The van der Waals surface area contributed by atoms with Crippen LogP contribution in [0, 0.1) is 13.8 Å². The van der Waals surface area contributed by atoms with Crippen LogP contribution >= 0.6 is 27.5 Å². The summed E-state index contributed by atoms with van der Waals surface area (Å²) < 4.78 is 30.3. The highest BCUT2D eigenvalue weighted by molar-refractivity contribution is 9.10. The molecule has 0 aliphatic carbocycles. The lowest BCUT2D eigenvalue weighted by Gasteiger charge is -2.35. The molecule has 4 aromatic rings. The molecule has 2 amide bonds. The summed E-state index contributed by atoms with van der Waals surface area (Å²) >= 11 is 9.97. The van der Waals surface area contributed by atoms with Gasteiger partial charge in [0.1, 0.15) is 12.6 Å². The van der Waals surface area contributed by atoms with Crippen LogP contribution in [0.25, 0.3) is 0 Å². The molecular weight excluding hydrogens is 686 g/mol. The number of aryl methyl sites for hydroxylation is 2. The van der Waals surface area contributed by atoms with Gasteiger partial charge in [-0.2, -0.15) is 0 Å². The molecule has 4 aromatic carbocycles. The van der Waals surface area contributed by atoms with Crippen molar-refractivity contribution in [1.29, 1.82) is 0 Å². The van der Waals surface area contributed by atoms with E-state index < -0.39 is 34.1 Å². The number of nitrogens with zero attached hydrogens (tertiary/aromatic N) is 2. The lowest BCUT2D eigenvalue weighted by atomic mass is 10.0. The molecule has 10 heteroatoms. The van der Waals surface area contributed by atoms with Crippen molar-refractivity contribution in [3.8, 4) is 0 Å². The van der Waals surface area contributed by atoms with Gasteiger partial charge in [-0.1, -0.05) is 93.8 Å². The van der Waals surface area contributed by atoms with E-state index in [0.717, 1.165) is 31.0 Å². The number of hydrogen-bond donors (Lipinski definition) is 1. The van der Waals surface area contributed by atoms with E-state index in [9.17, 15) is 18.0 Å². The Morgan fingerprint density at radius 2 is 1.52 bits per heavy atom. The van der Waals surface area contributed by atoms with Gasteiger partial charge in [-0.15, -0.1) is 0 Å². The van der Waals surface area contributed by atoms with E-state index in [-0.39, 0.29) is 29.5 Å². The van der Waals surface area contributed by atoms with Gasteiger partial charge in [-0.3, -0.25) is 13.9 Å².